The van der Waals surface area contributed by atoms with Crippen molar-refractivity contribution in [2.45, 2.75) is 26.3 Å². The van der Waals surface area contributed by atoms with Gasteiger partial charge in [0.15, 0.2) is 0 Å². The molecule has 0 amide bonds. The van der Waals surface area contributed by atoms with Gasteiger partial charge < -0.3 is 10.6 Å². The first-order chi connectivity index (χ1) is 8.91. The maximum absolute atomic E-state index is 9.03. The van der Waals surface area contributed by atoms with Crippen LogP contribution in [0.15, 0.2) is 18.2 Å². The number of benzene rings is 1. The molecular weight excluding hydrogens is 236 g/mol. The van der Waals surface area contributed by atoms with E-state index in [0.29, 0.717) is 11.3 Å². The minimum atomic E-state index is 0.227. The van der Waals surface area contributed by atoms with Crippen molar-refractivity contribution in [2.24, 2.45) is 0 Å². The number of hydrogen-bond acceptors (Lipinski definition) is 4. The van der Waals surface area contributed by atoms with E-state index < -0.39 is 0 Å². The molecule has 4 nitrogen and oxygen atoms in total. The lowest BCUT2D eigenvalue weighted by molar-refractivity contribution is 0.128. The van der Waals surface area contributed by atoms with Gasteiger partial charge in [-0.1, -0.05) is 0 Å². The van der Waals surface area contributed by atoms with Crippen molar-refractivity contribution >= 4 is 11.4 Å². The van der Waals surface area contributed by atoms with Crippen molar-refractivity contribution in [3.05, 3.63) is 23.8 Å². The fraction of sp³-hybridized carbons (Fsp3) is 0.533. The molecule has 1 saturated heterocycles. The van der Waals surface area contributed by atoms with Crippen LogP contribution in [0.5, 0.6) is 0 Å². The normalized spacial score (nSPS) is 17.3. The molecular formula is C15H22N4. The van der Waals surface area contributed by atoms with Crippen LogP contribution in [0.25, 0.3) is 0 Å². The fourth-order valence-electron chi connectivity index (χ4n) is 2.47. The minimum Gasteiger partial charge on any atom is -0.398 e. The Labute approximate surface area is 115 Å². The summed E-state index contributed by atoms with van der Waals surface area (Å²) >= 11 is 0. The zero-order valence-electron chi connectivity index (χ0n) is 12.0. The Kier molecular flexibility index (Phi) is 3.68. The Bertz CT molecular complexity index is 488. The smallest absolute Gasteiger partial charge is 0.101 e. The summed E-state index contributed by atoms with van der Waals surface area (Å²) in [6, 6.07) is 7.86. The highest BCUT2D eigenvalue weighted by atomic mass is 15.3. The van der Waals surface area contributed by atoms with Gasteiger partial charge in [-0.05, 0) is 39.0 Å². The average Bonchev–Trinajstić information content (AvgIpc) is 2.38. The van der Waals surface area contributed by atoms with Crippen molar-refractivity contribution in [3.8, 4) is 6.07 Å². The van der Waals surface area contributed by atoms with Crippen LogP contribution >= 0.6 is 0 Å². The average molecular weight is 258 g/mol. The highest BCUT2D eigenvalue weighted by molar-refractivity contribution is 5.62. The summed E-state index contributed by atoms with van der Waals surface area (Å²) in [5.74, 6) is 0. The second-order valence-corrected chi connectivity index (χ2v) is 6.03. The number of nitrogen functional groups attached to an aromatic ring is 1. The lowest BCUT2D eigenvalue weighted by Crippen LogP contribution is -2.53. The molecule has 1 fully saturated rings. The topological polar surface area (TPSA) is 56.3 Å². The Morgan fingerprint density at radius 3 is 2.32 bits per heavy atom. The van der Waals surface area contributed by atoms with Gasteiger partial charge in [0.05, 0.1) is 5.56 Å². The highest BCUT2D eigenvalue weighted by Gasteiger charge is 2.25. The summed E-state index contributed by atoms with van der Waals surface area (Å²) < 4.78 is 0. The first-order valence-electron chi connectivity index (χ1n) is 6.71. The molecule has 0 spiro atoms. The molecule has 1 aromatic carbocycles. The highest BCUT2D eigenvalue weighted by Crippen LogP contribution is 2.23. The number of nitrogens with two attached hydrogens (primary N) is 1. The van der Waals surface area contributed by atoms with Gasteiger partial charge >= 0.3 is 0 Å². The number of rotatable bonds is 1. The van der Waals surface area contributed by atoms with Crippen LogP contribution < -0.4 is 10.6 Å². The van der Waals surface area contributed by atoms with E-state index in [4.69, 9.17) is 11.0 Å². The molecule has 0 unspecified atom stereocenters. The van der Waals surface area contributed by atoms with Crippen LogP contribution in [0, 0.1) is 11.3 Å². The molecule has 19 heavy (non-hydrogen) atoms. The standard InChI is InChI=1S/C15H22N4/c1-15(2,3)19-8-6-18(7-9-19)13-4-5-14(17)12(10-13)11-16/h4-5,10H,6-9,17H2,1-3H3. The van der Waals surface area contributed by atoms with Crippen molar-refractivity contribution in [3.63, 3.8) is 0 Å². The molecule has 102 valence electrons. The molecule has 1 aliphatic rings. The van der Waals surface area contributed by atoms with E-state index in [1.807, 2.05) is 18.2 Å². The lowest BCUT2D eigenvalue weighted by Gasteiger charge is -2.43. The summed E-state index contributed by atoms with van der Waals surface area (Å²) in [6.07, 6.45) is 0. The fourth-order valence-corrected chi connectivity index (χ4v) is 2.47. The van der Waals surface area contributed by atoms with Crippen molar-refractivity contribution in [1.82, 2.24) is 4.90 Å². The molecule has 1 heterocycles. The van der Waals surface area contributed by atoms with Crippen LogP contribution in [-0.2, 0) is 0 Å². The number of hydrogen-bond donors (Lipinski definition) is 1. The van der Waals surface area contributed by atoms with Crippen LogP contribution in [0.3, 0.4) is 0 Å². The van der Waals surface area contributed by atoms with Gasteiger partial charge in [0.2, 0.25) is 0 Å². The van der Waals surface area contributed by atoms with E-state index in [-0.39, 0.29) is 5.54 Å². The van der Waals surface area contributed by atoms with Crippen LogP contribution in [0.4, 0.5) is 11.4 Å². The molecule has 1 aliphatic heterocycles. The van der Waals surface area contributed by atoms with Crippen molar-refractivity contribution < 1.29 is 0 Å². The molecule has 1 aromatic rings. The summed E-state index contributed by atoms with van der Waals surface area (Å²) in [5.41, 5.74) is 8.20. The Morgan fingerprint density at radius 1 is 1.16 bits per heavy atom. The Hall–Kier alpha value is -1.73. The third-order valence-electron chi connectivity index (χ3n) is 3.75. The van der Waals surface area contributed by atoms with Gasteiger partial charge in [0.1, 0.15) is 6.07 Å². The van der Waals surface area contributed by atoms with Gasteiger partial charge in [-0.3, -0.25) is 4.90 Å². The molecule has 0 aliphatic carbocycles. The third kappa shape index (κ3) is 2.99. The molecule has 2 N–H and O–H groups in total. The van der Waals surface area contributed by atoms with Crippen LogP contribution in [0.1, 0.15) is 26.3 Å². The molecule has 0 atom stereocenters. The first-order valence-corrected chi connectivity index (χ1v) is 6.71. The molecule has 4 heteroatoms. The third-order valence-corrected chi connectivity index (χ3v) is 3.75. The summed E-state index contributed by atoms with van der Waals surface area (Å²) in [5, 5.41) is 9.03. The minimum absolute atomic E-state index is 0.227. The zero-order valence-corrected chi connectivity index (χ0v) is 12.0. The predicted octanol–water partition coefficient (Wildman–Crippen LogP) is 2.06. The van der Waals surface area contributed by atoms with Crippen LogP contribution in [-0.4, -0.2) is 36.6 Å². The molecule has 0 aromatic heterocycles. The second-order valence-electron chi connectivity index (χ2n) is 6.03. The number of anilines is 2. The summed E-state index contributed by atoms with van der Waals surface area (Å²) in [6.45, 7) is 10.8. The molecule has 0 radical (unpaired) electrons. The maximum atomic E-state index is 9.03. The lowest BCUT2D eigenvalue weighted by atomic mass is 10.0. The largest absolute Gasteiger partial charge is 0.398 e. The van der Waals surface area contributed by atoms with E-state index in [1.54, 1.807) is 0 Å². The van der Waals surface area contributed by atoms with Crippen LogP contribution in [0.2, 0.25) is 0 Å². The molecule has 2 rings (SSSR count). The summed E-state index contributed by atoms with van der Waals surface area (Å²) in [7, 11) is 0. The van der Waals surface area contributed by atoms with E-state index in [1.165, 1.54) is 0 Å². The first kappa shape index (κ1) is 13.7. The van der Waals surface area contributed by atoms with Gasteiger partial charge in [0.25, 0.3) is 0 Å². The van der Waals surface area contributed by atoms with E-state index in [0.717, 1.165) is 31.9 Å². The predicted molar refractivity (Wildman–Crippen MR) is 79.1 cm³/mol. The quantitative estimate of drug-likeness (QED) is 0.783. The Morgan fingerprint density at radius 2 is 1.79 bits per heavy atom. The van der Waals surface area contributed by atoms with Gasteiger partial charge in [-0.25, -0.2) is 0 Å². The van der Waals surface area contributed by atoms with Crippen molar-refractivity contribution in [2.75, 3.05) is 36.8 Å². The van der Waals surface area contributed by atoms with E-state index in [2.05, 4.69) is 36.6 Å². The SMILES string of the molecule is CC(C)(C)N1CCN(c2ccc(N)c(C#N)c2)CC1. The van der Waals surface area contributed by atoms with Crippen molar-refractivity contribution in [1.29, 1.82) is 5.26 Å². The number of piperazine rings is 1. The van der Waals surface area contributed by atoms with Gasteiger partial charge in [-0.15, -0.1) is 0 Å². The Balaban J connectivity index is 2.08. The summed E-state index contributed by atoms with van der Waals surface area (Å²) in [4.78, 5) is 4.81. The monoisotopic (exact) mass is 258 g/mol. The number of nitrogens with zero attached hydrogens (tertiary/aromatic N) is 3. The van der Waals surface area contributed by atoms with Gasteiger partial charge in [0, 0.05) is 43.1 Å². The number of nitriles is 1. The van der Waals surface area contributed by atoms with E-state index >= 15 is 0 Å². The van der Waals surface area contributed by atoms with Gasteiger partial charge in [-0.2, -0.15) is 5.26 Å². The van der Waals surface area contributed by atoms with E-state index in [9.17, 15) is 0 Å². The maximum Gasteiger partial charge on any atom is 0.101 e. The zero-order chi connectivity index (χ0) is 14.0. The second kappa shape index (κ2) is 5.10. The molecule has 0 bridgehead atoms. The molecule has 0 saturated carbocycles.